The van der Waals surface area contributed by atoms with E-state index in [-0.39, 0.29) is 10.6 Å². The molecule has 0 radical (unpaired) electrons. The monoisotopic (exact) mass is 331 g/mol. The number of likely N-dealkylation sites (N-methyl/N-ethyl adjacent to an activating group) is 1. The van der Waals surface area contributed by atoms with E-state index in [0.29, 0.717) is 10.5 Å². The second-order valence-electron chi connectivity index (χ2n) is 5.02. The highest BCUT2D eigenvalue weighted by Gasteiger charge is 2.37. The first-order valence-electron chi connectivity index (χ1n) is 6.31. The third-order valence-electron chi connectivity index (χ3n) is 3.79. The Morgan fingerprint density at radius 1 is 1.56 bits per heavy atom. The normalized spacial score (nSPS) is 25.3. The molecule has 1 aromatic carbocycles. The molecule has 1 fully saturated rings. The topological polar surface area (TPSA) is 12.0 Å². The predicted molar refractivity (Wildman–Crippen MR) is 80.7 cm³/mol. The predicted octanol–water partition coefficient (Wildman–Crippen LogP) is 4.00. The van der Waals surface area contributed by atoms with Gasteiger partial charge < -0.3 is 5.32 Å². The maximum atomic E-state index is 13.5. The minimum Gasteiger partial charge on any atom is -0.315 e. The molecule has 1 aromatic rings. The van der Waals surface area contributed by atoms with Gasteiger partial charge in [0.2, 0.25) is 0 Å². The van der Waals surface area contributed by atoms with Gasteiger partial charge in [-0.1, -0.05) is 12.1 Å². The van der Waals surface area contributed by atoms with Crippen molar-refractivity contribution in [1.29, 1.82) is 0 Å². The molecule has 0 saturated carbocycles. The van der Waals surface area contributed by atoms with Crippen molar-refractivity contribution in [2.45, 2.75) is 37.0 Å². The van der Waals surface area contributed by atoms with Gasteiger partial charge >= 0.3 is 0 Å². The maximum absolute atomic E-state index is 13.5. The largest absolute Gasteiger partial charge is 0.315 e. The second kappa shape index (κ2) is 5.93. The summed E-state index contributed by atoms with van der Waals surface area (Å²) >= 11 is 5.39. The molecule has 1 N–H and O–H groups in total. The van der Waals surface area contributed by atoms with Crippen LogP contribution >= 0.6 is 27.7 Å². The van der Waals surface area contributed by atoms with Crippen LogP contribution in [0, 0.1) is 5.82 Å². The quantitative estimate of drug-likeness (QED) is 0.894. The Hall–Kier alpha value is -0.0600. The smallest absolute Gasteiger partial charge is 0.137 e. The Balaban J connectivity index is 2.17. The van der Waals surface area contributed by atoms with Gasteiger partial charge in [-0.15, -0.1) is 0 Å². The van der Waals surface area contributed by atoms with Crippen LogP contribution < -0.4 is 5.32 Å². The summed E-state index contributed by atoms with van der Waals surface area (Å²) in [5.74, 6) is 1.06. The molecule has 1 aliphatic rings. The molecular weight excluding hydrogens is 313 g/mol. The van der Waals surface area contributed by atoms with Crippen molar-refractivity contribution in [3.63, 3.8) is 0 Å². The van der Waals surface area contributed by atoms with Crippen LogP contribution in [0.4, 0.5) is 4.39 Å². The molecule has 100 valence electrons. The van der Waals surface area contributed by atoms with E-state index < -0.39 is 0 Å². The first-order valence-corrected chi connectivity index (χ1v) is 8.09. The van der Waals surface area contributed by atoms with E-state index in [9.17, 15) is 4.39 Å². The Morgan fingerprint density at radius 2 is 2.33 bits per heavy atom. The first kappa shape index (κ1) is 14.4. The number of halogens is 2. The molecule has 0 aliphatic carbocycles. The SMILES string of the molecule is CNC(Cc1cccc(F)c1Br)C1(C)CCCS1. The highest BCUT2D eigenvalue weighted by Crippen LogP contribution is 2.41. The molecule has 18 heavy (non-hydrogen) atoms. The van der Waals surface area contributed by atoms with Crippen LogP contribution in [0.5, 0.6) is 0 Å². The molecule has 1 heterocycles. The van der Waals surface area contributed by atoms with Gasteiger partial charge in [0.25, 0.3) is 0 Å². The number of hydrogen-bond donors (Lipinski definition) is 1. The lowest BCUT2D eigenvalue weighted by atomic mass is 9.91. The average molecular weight is 332 g/mol. The van der Waals surface area contributed by atoms with Crippen LogP contribution in [-0.2, 0) is 6.42 Å². The lowest BCUT2D eigenvalue weighted by Gasteiger charge is -2.33. The summed E-state index contributed by atoms with van der Waals surface area (Å²) in [4.78, 5) is 0. The molecular formula is C14H19BrFNS. The van der Waals surface area contributed by atoms with E-state index in [4.69, 9.17) is 0 Å². The zero-order valence-corrected chi connectivity index (χ0v) is 13.2. The fraction of sp³-hybridized carbons (Fsp3) is 0.571. The number of rotatable bonds is 4. The van der Waals surface area contributed by atoms with Gasteiger partial charge in [0.15, 0.2) is 0 Å². The number of nitrogens with one attached hydrogen (secondary N) is 1. The second-order valence-corrected chi connectivity index (χ2v) is 7.45. The first-order chi connectivity index (χ1) is 8.57. The van der Waals surface area contributed by atoms with Crippen molar-refractivity contribution in [3.8, 4) is 0 Å². The van der Waals surface area contributed by atoms with Gasteiger partial charge in [0, 0.05) is 10.8 Å². The molecule has 0 amide bonds. The van der Waals surface area contributed by atoms with Crippen molar-refractivity contribution in [3.05, 3.63) is 34.1 Å². The highest BCUT2D eigenvalue weighted by atomic mass is 79.9. The van der Waals surface area contributed by atoms with Gasteiger partial charge in [-0.2, -0.15) is 11.8 Å². The molecule has 0 spiro atoms. The van der Waals surface area contributed by atoms with Crippen molar-refractivity contribution in [2.75, 3.05) is 12.8 Å². The van der Waals surface area contributed by atoms with Crippen molar-refractivity contribution < 1.29 is 4.39 Å². The Kier molecular flexibility index (Phi) is 4.73. The van der Waals surface area contributed by atoms with Gasteiger partial charge in [0.1, 0.15) is 5.82 Å². The molecule has 2 unspecified atom stereocenters. The molecule has 0 bridgehead atoms. The Bertz CT molecular complexity index is 418. The van der Waals surface area contributed by atoms with Crippen molar-refractivity contribution in [1.82, 2.24) is 5.32 Å². The van der Waals surface area contributed by atoms with Crippen LogP contribution in [0.1, 0.15) is 25.3 Å². The molecule has 1 saturated heterocycles. The zero-order chi connectivity index (χ0) is 13.2. The fourth-order valence-electron chi connectivity index (χ4n) is 2.62. The van der Waals surface area contributed by atoms with Gasteiger partial charge in [-0.3, -0.25) is 0 Å². The molecule has 2 atom stereocenters. The summed E-state index contributed by atoms with van der Waals surface area (Å²) in [7, 11) is 2.00. The van der Waals surface area contributed by atoms with Crippen LogP contribution in [-0.4, -0.2) is 23.6 Å². The van der Waals surface area contributed by atoms with Gasteiger partial charge in [-0.25, -0.2) is 4.39 Å². The van der Waals surface area contributed by atoms with E-state index >= 15 is 0 Å². The van der Waals surface area contributed by atoms with E-state index in [0.717, 1.165) is 12.0 Å². The lowest BCUT2D eigenvalue weighted by Crippen LogP contribution is -2.45. The van der Waals surface area contributed by atoms with Crippen LogP contribution in [0.2, 0.25) is 0 Å². The average Bonchev–Trinajstić information content (AvgIpc) is 2.79. The molecule has 1 aliphatic heterocycles. The number of thioether (sulfide) groups is 1. The fourth-order valence-corrected chi connectivity index (χ4v) is 4.50. The summed E-state index contributed by atoms with van der Waals surface area (Å²) in [5.41, 5.74) is 1.04. The lowest BCUT2D eigenvalue weighted by molar-refractivity contribution is 0.423. The maximum Gasteiger partial charge on any atom is 0.137 e. The van der Waals surface area contributed by atoms with Crippen molar-refractivity contribution in [2.24, 2.45) is 0 Å². The third kappa shape index (κ3) is 2.91. The van der Waals surface area contributed by atoms with Gasteiger partial charge in [-0.05, 0) is 66.5 Å². The highest BCUT2D eigenvalue weighted by molar-refractivity contribution is 9.10. The van der Waals surface area contributed by atoms with Gasteiger partial charge in [0.05, 0.1) is 4.47 Å². The van der Waals surface area contributed by atoms with E-state index in [1.807, 2.05) is 24.9 Å². The summed E-state index contributed by atoms with van der Waals surface area (Å²) < 4.78 is 14.4. The van der Waals surface area contributed by atoms with Crippen LogP contribution in [0.3, 0.4) is 0 Å². The molecule has 0 aromatic heterocycles. The third-order valence-corrected chi connectivity index (χ3v) is 6.32. The summed E-state index contributed by atoms with van der Waals surface area (Å²) in [6, 6.07) is 5.66. The standard InChI is InChI=1S/C14H19BrFNS/c1-14(7-4-8-18-14)12(17-2)9-10-5-3-6-11(16)13(10)15/h3,5-6,12,17H,4,7-9H2,1-2H3. The van der Waals surface area contributed by atoms with Crippen LogP contribution in [0.25, 0.3) is 0 Å². The van der Waals surface area contributed by atoms with E-state index in [1.165, 1.54) is 24.7 Å². The minimum atomic E-state index is -0.174. The molecule has 1 nitrogen and oxygen atoms in total. The van der Waals surface area contributed by atoms with Crippen molar-refractivity contribution >= 4 is 27.7 Å². The van der Waals surface area contributed by atoms with E-state index in [2.05, 4.69) is 28.2 Å². The van der Waals surface area contributed by atoms with Crippen LogP contribution in [0.15, 0.2) is 22.7 Å². The Labute approximate surface area is 121 Å². The number of benzene rings is 1. The Morgan fingerprint density at radius 3 is 2.94 bits per heavy atom. The molecule has 4 heteroatoms. The summed E-state index contributed by atoms with van der Waals surface area (Å²) in [6.07, 6.45) is 3.37. The summed E-state index contributed by atoms with van der Waals surface area (Å²) in [6.45, 7) is 2.32. The number of hydrogen-bond acceptors (Lipinski definition) is 2. The minimum absolute atomic E-state index is 0.174. The van der Waals surface area contributed by atoms with E-state index in [1.54, 1.807) is 6.07 Å². The zero-order valence-electron chi connectivity index (χ0n) is 10.8. The molecule has 2 rings (SSSR count). The summed E-state index contributed by atoms with van der Waals surface area (Å²) in [5, 5.41) is 3.42.